The summed E-state index contributed by atoms with van der Waals surface area (Å²) in [6, 6.07) is 7.00. The third-order valence-electron chi connectivity index (χ3n) is 4.86. The molecule has 2 aromatic heterocycles. The lowest BCUT2D eigenvalue weighted by molar-refractivity contribution is -0.139. The Bertz CT molecular complexity index is 1400. The highest BCUT2D eigenvalue weighted by Gasteiger charge is 2.33. The van der Waals surface area contributed by atoms with Crippen molar-refractivity contribution in [3.63, 3.8) is 0 Å². The largest absolute Gasteiger partial charge is 0.495 e. The summed E-state index contributed by atoms with van der Waals surface area (Å²) >= 11 is 9.75. The number of methoxy groups -OCH3 is 1. The molecule has 0 spiro atoms. The van der Waals surface area contributed by atoms with Crippen LogP contribution in [-0.2, 0) is 9.53 Å². The van der Waals surface area contributed by atoms with Crippen molar-refractivity contribution in [2.24, 2.45) is 4.99 Å². The molecule has 0 N–H and O–H groups in total. The fourth-order valence-corrected chi connectivity index (χ4v) is 6.83. The van der Waals surface area contributed by atoms with Gasteiger partial charge in [0.25, 0.3) is 5.56 Å². The summed E-state index contributed by atoms with van der Waals surface area (Å²) in [5, 5.41) is 1.92. The number of carbonyl (C=O) groups is 1. The van der Waals surface area contributed by atoms with Crippen LogP contribution in [-0.4, -0.2) is 24.3 Å². The van der Waals surface area contributed by atoms with Crippen LogP contribution < -0.4 is 19.6 Å². The van der Waals surface area contributed by atoms with Gasteiger partial charge < -0.3 is 9.47 Å². The minimum absolute atomic E-state index is 0.223. The maximum absolute atomic E-state index is 13.6. The highest BCUT2D eigenvalue weighted by Crippen LogP contribution is 2.34. The van der Waals surface area contributed by atoms with Gasteiger partial charge >= 0.3 is 5.97 Å². The molecule has 0 saturated heterocycles. The molecule has 0 aliphatic carbocycles. The number of halogens is 2. The lowest BCUT2D eigenvalue weighted by Crippen LogP contribution is -2.39. The van der Waals surface area contributed by atoms with E-state index in [1.807, 2.05) is 29.6 Å². The second kappa shape index (κ2) is 9.46. The molecule has 0 bridgehead atoms. The van der Waals surface area contributed by atoms with Crippen LogP contribution >= 0.6 is 54.5 Å². The number of nitrogens with zero attached hydrogens (tertiary/aromatic N) is 2. The van der Waals surface area contributed by atoms with Crippen molar-refractivity contribution in [3.8, 4) is 5.75 Å². The molecule has 0 unspecified atom stereocenters. The Labute approximate surface area is 208 Å². The van der Waals surface area contributed by atoms with Crippen molar-refractivity contribution in [1.29, 1.82) is 0 Å². The molecule has 10 heteroatoms. The van der Waals surface area contributed by atoms with E-state index in [1.165, 1.54) is 22.7 Å². The molecule has 0 saturated carbocycles. The number of hydrogen-bond donors (Lipinski definition) is 0. The maximum atomic E-state index is 13.6. The number of rotatable bonds is 5. The van der Waals surface area contributed by atoms with Gasteiger partial charge in [0.05, 0.1) is 34.0 Å². The topological polar surface area (TPSA) is 69.9 Å². The molecule has 1 aliphatic heterocycles. The Morgan fingerprint density at radius 3 is 2.78 bits per heavy atom. The summed E-state index contributed by atoms with van der Waals surface area (Å²) in [7, 11) is 1.58. The summed E-state index contributed by atoms with van der Waals surface area (Å²) in [6.45, 7) is 3.78. The van der Waals surface area contributed by atoms with E-state index < -0.39 is 12.0 Å². The van der Waals surface area contributed by atoms with Gasteiger partial charge in [-0.3, -0.25) is 9.36 Å². The number of benzene rings is 1. The number of hydrogen-bond acceptors (Lipinski definition) is 7. The second-order valence-corrected chi connectivity index (χ2v) is 10.6. The predicted molar refractivity (Wildman–Crippen MR) is 133 cm³/mol. The van der Waals surface area contributed by atoms with E-state index in [0.717, 1.165) is 19.4 Å². The summed E-state index contributed by atoms with van der Waals surface area (Å²) in [4.78, 5) is 32.4. The van der Waals surface area contributed by atoms with E-state index in [0.29, 0.717) is 26.4 Å². The van der Waals surface area contributed by atoms with Crippen molar-refractivity contribution >= 4 is 66.6 Å². The first-order chi connectivity index (χ1) is 15.3. The molecule has 1 atom stereocenters. The number of thiazole rings is 1. The minimum atomic E-state index is -0.580. The first-order valence-corrected chi connectivity index (χ1v) is 12.9. The smallest absolute Gasteiger partial charge is 0.338 e. The van der Waals surface area contributed by atoms with Crippen LogP contribution in [0.1, 0.15) is 30.3 Å². The lowest BCUT2D eigenvalue weighted by atomic mass is 10.0. The van der Waals surface area contributed by atoms with Gasteiger partial charge in [0.15, 0.2) is 4.80 Å². The first kappa shape index (κ1) is 23.2. The number of thiophene rings is 1. The molecule has 0 fully saturated rings. The highest BCUT2D eigenvalue weighted by atomic mass is 79.9. The minimum Gasteiger partial charge on any atom is -0.495 e. The molecule has 3 heterocycles. The van der Waals surface area contributed by atoms with Gasteiger partial charge in [0.1, 0.15) is 11.8 Å². The van der Waals surface area contributed by atoms with Crippen molar-refractivity contribution in [2.75, 3.05) is 13.7 Å². The van der Waals surface area contributed by atoms with Crippen LogP contribution in [0.4, 0.5) is 0 Å². The average Bonchev–Trinajstić information content (AvgIpc) is 3.36. The summed E-state index contributed by atoms with van der Waals surface area (Å²) in [5.41, 5.74) is 1.46. The normalized spacial score (nSPS) is 16.0. The van der Waals surface area contributed by atoms with Crippen LogP contribution in [0.15, 0.2) is 59.6 Å². The zero-order chi connectivity index (χ0) is 23.0. The van der Waals surface area contributed by atoms with E-state index >= 15 is 0 Å². The monoisotopic (exact) mass is 596 g/mol. The first-order valence-electron chi connectivity index (χ1n) is 9.61. The number of carbonyl (C=O) groups excluding carboxylic acids is 1. The number of fused-ring (bicyclic) bond motifs is 1. The fraction of sp³-hybridized carbons (Fsp3) is 0.227. The number of aromatic nitrogens is 1. The van der Waals surface area contributed by atoms with Gasteiger partial charge in [-0.15, -0.1) is 11.3 Å². The molecule has 1 aromatic carbocycles. The van der Waals surface area contributed by atoms with Crippen molar-refractivity contribution in [1.82, 2.24) is 4.57 Å². The molecular formula is C22H18Br2N2O4S2. The van der Waals surface area contributed by atoms with Crippen molar-refractivity contribution in [2.45, 2.75) is 19.9 Å². The van der Waals surface area contributed by atoms with Gasteiger partial charge in [-0.1, -0.05) is 33.3 Å². The highest BCUT2D eigenvalue weighted by molar-refractivity contribution is 9.11. The maximum Gasteiger partial charge on any atom is 0.338 e. The van der Waals surface area contributed by atoms with Gasteiger partial charge in [0.2, 0.25) is 0 Å². The van der Waals surface area contributed by atoms with Gasteiger partial charge in [-0.05, 0) is 59.4 Å². The van der Waals surface area contributed by atoms with E-state index in [9.17, 15) is 9.59 Å². The molecule has 0 radical (unpaired) electrons. The molecule has 3 aromatic rings. The lowest BCUT2D eigenvalue weighted by Gasteiger charge is -2.23. The molecule has 32 heavy (non-hydrogen) atoms. The predicted octanol–water partition coefficient (Wildman–Crippen LogP) is 4.39. The quantitative estimate of drug-likeness (QED) is 0.409. The SMILES string of the molecule is CCOC(=O)C1=C(C)N=c2s/c(=C\c3cc(Br)cc(Br)c3OC)c(=O)n2[C@@H]1c1cccs1. The molecule has 166 valence electrons. The van der Waals surface area contributed by atoms with E-state index in [-0.39, 0.29) is 12.2 Å². The molecule has 0 amide bonds. The van der Waals surface area contributed by atoms with Crippen LogP contribution in [0.3, 0.4) is 0 Å². The van der Waals surface area contributed by atoms with Gasteiger partial charge in [-0.25, -0.2) is 9.79 Å². The Hall–Kier alpha value is -2.01. The zero-order valence-corrected chi connectivity index (χ0v) is 22.2. The summed E-state index contributed by atoms with van der Waals surface area (Å²) in [5.74, 6) is 0.163. The Morgan fingerprint density at radius 1 is 1.34 bits per heavy atom. The van der Waals surface area contributed by atoms with E-state index in [4.69, 9.17) is 9.47 Å². The Morgan fingerprint density at radius 2 is 2.12 bits per heavy atom. The Balaban J connectivity index is 1.97. The third-order valence-corrected chi connectivity index (χ3v) is 7.81. The van der Waals surface area contributed by atoms with Crippen molar-refractivity contribution in [3.05, 3.63) is 80.0 Å². The van der Waals surface area contributed by atoms with Crippen LogP contribution in [0, 0.1) is 0 Å². The van der Waals surface area contributed by atoms with Gasteiger partial charge in [0, 0.05) is 14.9 Å². The van der Waals surface area contributed by atoms with Crippen LogP contribution in [0.2, 0.25) is 0 Å². The summed E-state index contributed by atoms with van der Waals surface area (Å²) in [6.07, 6.45) is 1.78. The van der Waals surface area contributed by atoms with Gasteiger partial charge in [-0.2, -0.15) is 0 Å². The summed E-state index contributed by atoms with van der Waals surface area (Å²) < 4.78 is 14.5. The molecule has 1 aliphatic rings. The number of ether oxygens (including phenoxy) is 2. The van der Waals surface area contributed by atoms with E-state index in [2.05, 4.69) is 36.9 Å². The van der Waals surface area contributed by atoms with E-state index in [1.54, 1.807) is 31.6 Å². The second-order valence-electron chi connectivity index (χ2n) is 6.83. The number of esters is 1. The zero-order valence-electron chi connectivity index (χ0n) is 17.3. The molecule has 4 rings (SSSR count). The fourth-order valence-electron chi connectivity index (χ4n) is 3.55. The number of allylic oxidation sites excluding steroid dienone is 1. The molecule has 6 nitrogen and oxygen atoms in total. The molecular weight excluding hydrogens is 580 g/mol. The van der Waals surface area contributed by atoms with Crippen LogP contribution in [0.5, 0.6) is 5.75 Å². The van der Waals surface area contributed by atoms with Crippen molar-refractivity contribution < 1.29 is 14.3 Å². The Kier molecular flexibility index (Phi) is 6.85. The third kappa shape index (κ3) is 4.16. The van der Waals surface area contributed by atoms with Crippen LogP contribution in [0.25, 0.3) is 6.08 Å². The standard InChI is InChI=1S/C22H18Br2N2O4S2/c1-4-30-21(28)17-11(2)25-22-26(18(17)15-6-5-7-31-15)20(27)16(32-22)9-12-8-13(23)10-14(24)19(12)29-3/h5-10,18H,4H2,1-3H3/b16-9-/t18-/m1/s1. The average molecular weight is 598 g/mol.